The molecule has 476 valence electrons. The summed E-state index contributed by atoms with van der Waals surface area (Å²) in [5.41, 5.74) is 17.1. The fourth-order valence-electron chi connectivity index (χ4n) is 8.00. The summed E-state index contributed by atoms with van der Waals surface area (Å²) in [6.07, 6.45) is 0. The van der Waals surface area contributed by atoms with Crippen LogP contribution in [0.3, 0.4) is 0 Å². The molecule has 6 heteroatoms. The Hall–Kier alpha value is -7.25. The molecule has 0 aliphatic rings. The molecule has 0 saturated carbocycles. The molecule has 4 nitrogen and oxygen atoms in total. The van der Waals surface area contributed by atoms with Gasteiger partial charge in [-0.2, -0.15) is 172 Å². The van der Waals surface area contributed by atoms with Crippen molar-refractivity contribution < 1.29 is 51.7 Å². The fourth-order valence-corrected chi connectivity index (χ4v) is 8.00. The molecule has 91 heavy (non-hydrogen) atoms. The molecule has 0 bridgehead atoms. The first-order valence-electron chi connectivity index (χ1n) is 30.9. The Morgan fingerprint density at radius 1 is 0.319 bits per heavy atom. The summed E-state index contributed by atoms with van der Waals surface area (Å²) in [5.74, 6) is 1.96. The average molecular weight is 1540 g/mol. The first-order valence-corrected chi connectivity index (χ1v) is 30.9. The number of aliphatic imine (C=N–C) groups is 2. The maximum atomic E-state index is 5.07. The summed E-state index contributed by atoms with van der Waals surface area (Å²) in [6.45, 7) is 56.7. The summed E-state index contributed by atoms with van der Waals surface area (Å²) >= 11 is 0. The molecule has 0 fully saturated rings. The normalized spacial score (nSPS) is 10.4. The molecule has 0 amide bonds. The molecule has 9 aromatic rings. The maximum Gasteiger partial charge on any atom is 4.00 e. The SMILES string of the molecule is CN=C(C)C(C)(C)Nc1c(C(C)C)cccc1C(C)C.CN=C(C)C(C)(C)[N-]c1c(C(C)C)cccc1C(C)C.[CH2-]c1ccccc1.[CH2-]c1ccccc1.[CH2-]c1ccccc1.[CH2-]c1ccccc1.[CH2-]c1ccccc1.[CH2-]c1ccccc1.[CH2-]c1ccccc1.[Hf+4].[Hf+4]. The monoisotopic (exact) mass is 1540 g/mol. The van der Waals surface area contributed by atoms with Crippen molar-refractivity contribution in [3.05, 3.63) is 364 Å². The van der Waals surface area contributed by atoms with Crippen molar-refractivity contribution in [1.82, 2.24) is 0 Å². The summed E-state index contributed by atoms with van der Waals surface area (Å²) in [6, 6.07) is 82.3. The third kappa shape index (κ3) is 38.3. The van der Waals surface area contributed by atoms with Crippen LogP contribution in [0.1, 0.15) is 182 Å². The number of benzene rings is 9. The van der Waals surface area contributed by atoms with Gasteiger partial charge in [-0.05, 0) is 68.2 Å². The van der Waals surface area contributed by atoms with Crippen LogP contribution in [0.2, 0.25) is 0 Å². The standard InChI is InChI=1S/C18H30N2.C18H29N2.7C7H7.2Hf/c2*1-12(2)15-10-9-11-16(13(3)4)17(15)20-18(6,7)14(5)19-8;7*1-7-5-3-2-4-6-7;;/h9-13,20H,1-8H3;9-13H,1-8H3;7*2-6H,1H2;;/q;8*-1;2*+4. The molecule has 0 aliphatic heterocycles. The van der Waals surface area contributed by atoms with Crippen LogP contribution in [0, 0.1) is 48.5 Å². The molecule has 0 aliphatic carbocycles. The molecule has 1 N–H and O–H groups in total. The van der Waals surface area contributed by atoms with E-state index in [1.807, 2.05) is 226 Å². The van der Waals surface area contributed by atoms with Gasteiger partial charge in [0.15, 0.2) is 0 Å². The number of nitrogens with one attached hydrogen (secondary N) is 1. The van der Waals surface area contributed by atoms with Crippen LogP contribution in [0.4, 0.5) is 11.4 Å². The van der Waals surface area contributed by atoms with Crippen molar-refractivity contribution in [2.75, 3.05) is 19.4 Å². The molecular weight excluding hydrogens is 1430 g/mol. The predicted octanol–water partition coefficient (Wildman–Crippen LogP) is 24.1. The van der Waals surface area contributed by atoms with Gasteiger partial charge in [0.1, 0.15) is 0 Å². The second-order valence-corrected chi connectivity index (χ2v) is 23.7. The Balaban J connectivity index is 0. The smallest absolute Gasteiger partial charge is 0.674 e. The van der Waals surface area contributed by atoms with Crippen molar-refractivity contribution >= 4 is 22.8 Å². The number of hydrogen-bond donors (Lipinski definition) is 1. The van der Waals surface area contributed by atoms with Gasteiger partial charge in [0.25, 0.3) is 0 Å². The molecule has 0 spiro atoms. The Bertz CT molecular complexity index is 2740. The van der Waals surface area contributed by atoms with Crippen molar-refractivity contribution in [2.45, 2.75) is 132 Å². The second-order valence-electron chi connectivity index (χ2n) is 23.7. The van der Waals surface area contributed by atoms with Gasteiger partial charge in [-0.3, -0.25) is 9.98 Å². The van der Waals surface area contributed by atoms with E-state index in [1.165, 1.54) is 27.9 Å². The summed E-state index contributed by atoms with van der Waals surface area (Å²) in [5, 5.41) is 8.81. The molecular formula is C85H108Hf2N4. The quantitative estimate of drug-likeness (QED) is 0.0828. The van der Waals surface area contributed by atoms with E-state index in [0.29, 0.717) is 23.7 Å². The molecule has 0 heterocycles. The van der Waals surface area contributed by atoms with Crippen molar-refractivity contribution in [3.63, 3.8) is 0 Å². The van der Waals surface area contributed by atoms with Crippen LogP contribution in [0.5, 0.6) is 0 Å². The first kappa shape index (κ1) is 85.8. The average Bonchev–Trinajstić information content (AvgIpc) is 1.45. The van der Waals surface area contributed by atoms with Gasteiger partial charge in [0.2, 0.25) is 0 Å². The third-order valence-electron chi connectivity index (χ3n) is 13.9. The van der Waals surface area contributed by atoms with Crippen molar-refractivity contribution in [1.29, 1.82) is 0 Å². The molecule has 0 saturated heterocycles. The van der Waals surface area contributed by atoms with Crippen molar-refractivity contribution in [3.8, 4) is 0 Å². The van der Waals surface area contributed by atoms with E-state index in [0.717, 1.165) is 56.1 Å². The number of para-hydroxylation sites is 2. The van der Waals surface area contributed by atoms with Crippen LogP contribution in [-0.4, -0.2) is 36.6 Å². The molecule has 0 atom stereocenters. The van der Waals surface area contributed by atoms with Crippen LogP contribution in [0.25, 0.3) is 5.32 Å². The van der Waals surface area contributed by atoms with E-state index < -0.39 is 0 Å². The van der Waals surface area contributed by atoms with Gasteiger partial charge in [-0.25, -0.2) is 0 Å². The predicted molar refractivity (Wildman–Crippen MR) is 398 cm³/mol. The maximum absolute atomic E-state index is 5.07. The van der Waals surface area contributed by atoms with Gasteiger partial charge in [-0.1, -0.05) is 165 Å². The van der Waals surface area contributed by atoms with E-state index in [9.17, 15) is 0 Å². The van der Waals surface area contributed by atoms with Gasteiger partial charge in [0, 0.05) is 25.5 Å². The Morgan fingerprint density at radius 3 is 0.681 bits per heavy atom. The van der Waals surface area contributed by atoms with Crippen LogP contribution < -0.4 is 5.32 Å². The van der Waals surface area contributed by atoms with E-state index >= 15 is 0 Å². The van der Waals surface area contributed by atoms with Crippen molar-refractivity contribution in [2.24, 2.45) is 9.98 Å². The number of nitrogens with zero attached hydrogens (tertiary/aromatic N) is 3. The zero-order valence-electron chi connectivity index (χ0n) is 58.3. The largest absolute Gasteiger partial charge is 4.00 e. The topological polar surface area (TPSA) is 50.9 Å². The minimum absolute atomic E-state index is 0. The molecule has 9 aromatic carbocycles. The van der Waals surface area contributed by atoms with E-state index in [-0.39, 0.29) is 62.8 Å². The number of rotatable bonds is 10. The van der Waals surface area contributed by atoms with Gasteiger partial charge >= 0.3 is 51.7 Å². The fraction of sp³-hybridized carbons (Fsp3) is 0.259. The summed E-state index contributed by atoms with van der Waals surface area (Å²) in [4.78, 5) is 8.69. The summed E-state index contributed by atoms with van der Waals surface area (Å²) < 4.78 is 0. The van der Waals surface area contributed by atoms with E-state index in [1.54, 1.807) is 0 Å². The van der Waals surface area contributed by atoms with Crippen LogP contribution in [-0.2, 0) is 51.7 Å². The minimum atomic E-state index is -0.261. The molecule has 0 unspecified atom stereocenters. The molecule has 9 rings (SSSR count). The third-order valence-corrected chi connectivity index (χ3v) is 13.9. The first-order chi connectivity index (χ1) is 42.2. The van der Waals surface area contributed by atoms with Gasteiger partial charge in [-0.15, -0.1) is 90.6 Å². The van der Waals surface area contributed by atoms with Gasteiger partial charge < -0.3 is 10.6 Å². The zero-order chi connectivity index (χ0) is 66.8. The molecule has 0 aromatic heterocycles. The Morgan fingerprint density at radius 2 is 0.516 bits per heavy atom. The van der Waals surface area contributed by atoms with Gasteiger partial charge in [0.05, 0.1) is 5.54 Å². The Kier molecular flexibility index (Phi) is 45.8. The second kappa shape index (κ2) is 48.5. The van der Waals surface area contributed by atoms with E-state index in [4.69, 9.17) is 5.32 Å². The molecule has 0 radical (unpaired) electrons. The van der Waals surface area contributed by atoms with E-state index in [2.05, 4.69) is 197 Å². The van der Waals surface area contributed by atoms with Crippen LogP contribution >= 0.6 is 0 Å². The summed E-state index contributed by atoms with van der Waals surface area (Å²) in [7, 11) is 3.70. The Labute approximate surface area is 594 Å². The minimum Gasteiger partial charge on any atom is -0.674 e. The number of hydrogen-bond acceptors (Lipinski definition) is 3. The van der Waals surface area contributed by atoms with Crippen LogP contribution in [0.15, 0.2) is 259 Å². The number of anilines is 1. The zero-order valence-corrected chi connectivity index (χ0v) is 65.5.